The van der Waals surface area contributed by atoms with Crippen LogP contribution in [0.2, 0.25) is 0 Å². The van der Waals surface area contributed by atoms with E-state index in [0.717, 1.165) is 25.7 Å². The third-order valence-corrected chi connectivity index (χ3v) is 12.6. The fourth-order valence-corrected chi connectivity index (χ4v) is 10.7. The quantitative estimate of drug-likeness (QED) is 0.251. The van der Waals surface area contributed by atoms with Crippen LogP contribution in [0.25, 0.3) is 0 Å². The maximum Gasteiger partial charge on any atom is 0.407 e. The number of allylic oxidation sites excluding steroid dienone is 4. The van der Waals surface area contributed by atoms with E-state index in [9.17, 15) is 29.1 Å². The molecule has 8 bridgehead atoms. The molecule has 256 valence electrons. The number of carboxylic acid groups (broad SMARTS) is 1. The summed E-state index contributed by atoms with van der Waals surface area (Å²) in [4.78, 5) is 66.8. The largest absolute Gasteiger partial charge is 0.481 e. The van der Waals surface area contributed by atoms with E-state index in [1.807, 2.05) is 12.2 Å². The highest BCUT2D eigenvalue weighted by Crippen LogP contribution is 2.49. The SMILES string of the molecule is CC(C)(C)OC(=O)N[C@H]1[C@@H](C(=O)N[C@@H]2[C@H](C(=O)N[C@H]3[C@@H](C(=O)N[C@@H]4[C@H](C(=O)O)[C@H]5C=C[C@@H]4C5)[C@@H]4C=C[C@H]3C4)[C@H]3C=C[C@@H]2C3)[C@@H]2C=C[C@H]1C2. The molecule has 0 saturated heterocycles. The Hall–Kier alpha value is -3.89. The van der Waals surface area contributed by atoms with Crippen molar-refractivity contribution in [2.24, 2.45) is 71.0 Å². The van der Waals surface area contributed by atoms with Crippen LogP contribution in [0.5, 0.6) is 0 Å². The minimum Gasteiger partial charge on any atom is -0.481 e. The van der Waals surface area contributed by atoms with Gasteiger partial charge in [0.1, 0.15) is 5.60 Å². The molecule has 4 saturated carbocycles. The Bertz CT molecular complexity index is 1540. The summed E-state index contributed by atoms with van der Waals surface area (Å²) in [5.41, 5.74) is -0.659. The minimum absolute atomic E-state index is 0.00254. The highest BCUT2D eigenvalue weighted by molar-refractivity contribution is 5.87. The summed E-state index contributed by atoms with van der Waals surface area (Å²) >= 11 is 0. The lowest BCUT2D eigenvalue weighted by Gasteiger charge is -2.35. The van der Waals surface area contributed by atoms with E-state index >= 15 is 0 Å². The van der Waals surface area contributed by atoms with Gasteiger partial charge in [-0.15, -0.1) is 0 Å². The number of aliphatic carboxylic acids is 1. The molecule has 8 rings (SSSR count). The molecule has 0 aliphatic heterocycles. The molecule has 11 heteroatoms. The lowest BCUT2D eigenvalue weighted by molar-refractivity contribution is -0.143. The van der Waals surface area contributed by atoms with E-state index in [2.05, 4.69) is 57.7 Å². The first-order valence-electron chi connectivity index (χ1n) is 17.7. The van der Waals surface area contributed by atoms with Gasteiger partial charge >= 0.3 is 12.1 Å². The Kier molecular flexibility index (Phi) is 7.41. The van der Waals surface area contributed by atoms with Crippen LogP contribution in [-0.2, 0) is 23.9 Å². The van der Waals surface area contributed by atoms with Crippen molar-refractivity contribution in [3.8, 4) is 0 Å². The van der Waals surface area contributed by atoms with Crippen LogP contribution in [-0.4, -0.2) is 64.7 Å². The van der Waals surface area contributed by atoms with Crippen LogP contribution in [0, 0.1) is 71.0 Å². The molecule has 16 atom stereocenters. The Labute approximate surface area is 280 Å². The van der Waals surface area contributed by atoms with Crippen molar-refractivity contribution >= 4 is 29.8 Å². The highest BCUT2D eigenvalue weighted by atomic mass is 16.6. The zero-order valence-corrected chi connectivity index (χ0v) is 27.6. The first-order chi connectivity index (χ1) is 22.9. The maximum atomic E-state index is 14.2. The summed E-state index contributed by atoms with van der Waals surface area (Å²) in [7, 11) is 0. The summed E-state index contributed by atoms with van der Waals surface area (Å²) in [6, 6.07) is -1.63. The van der Waals surface area contributed by atoms with Crippen LogP contribution < -0.4 is 21.3 Å². The fourth-order valence-electron chi connectivity index (χ4n) is 10.7. The molecular weight excluding hydrogens is 612 g/mol. The van der Waals surface area contributed by atoms with Gasteiger partial charge in [0, 0.05) is 18.1 Å². The summed E-state index contributed by atoms with van der Waals surface area (Å²) < 4.78 is 5.50. The second kappa shape index (κ2) is 11.3. The number of amides is 4. The van der Waals surface area contributed by atoms with Gasteiger partial charge in [0.05, 0.1) is 29.7 Å². The summed E-state index contributed by atoms with van der Waals surface area (Å²) in [5.74, 6) is -3.46. The number of carbonyl (C=O) groups excluding carboxylic acids is 4. The van der Waals surface area contributed by atoms with Gasteiger partial charge in [0.2, 0.25) is 17.7 Å². The smallest absolute Gasteiger partial charge is 0.407 e. The number of carboxylic acids is 1. The highest BCUT2D eigenvalue weighted by Gasteiger charge is 2.56. The van der Waals surface area contributed by atoms with Crippen molar-refractivity contribution in [1.82, 2.24) is 21.3 Å². The molecular formula is C37H46N4O7. The van der Waals surface area contributed by atoms with Gasteiger partial charge in [-0.05, 0) is 93.8 Å². The van der Waals surface area contributed by atoms with Gasteiger partial charge in [0.15, 0.2) is 0 Å². The Morgan fingerprint density at radius 3 is 1.12 bits per heavy atom. The molecule has 0 aromatic carbocycles. The third-order valence-electron chi connectivity index (χ3n) is 12.6. The molecule has 4 amide bonds. The number of fused-ring (bicyclic) bond motifs is 8. The number of ether oxygens (including phenoxy) is 1. The molecule has 0 radical (unpaired) electrons. The van der Waals surface area contributed by atoms with Gasteiger partial charge in [-0.25, -0.2) is 4.79 Å². The second-order valence-corrected chi connectivity index (χ2v) is 16.5. The number of nitrogens with one attached hydrogen (secondary N) is 4. The topological polar surface area (TPSA) is 163 Å². The van der Waals surface area contributed by atoms with E-state index in [4.69, 9.17) is 4.74 Å². The van der Waals surface area contributed by atoms with Crippen molar-refractivity contribution < 1.29 is 33.8 Å². The van der Waals surface area contributed by atoms with Crippen LogP contribution in [0.3, 0.4) is 0 Å². The molecule has 48 heavy (non-hydrogen) atoms. The van der Waals surface area contributed by atoms with Gasteiger partial charge < -0.3 is 31.1 Å². The predicted octanol–water partition coefficient (Wildman–Crippen LogP) is 2.71. The van der Waals surface area contributed by atoms with Gasteiger partial charge in [-0.2, -0.15) is 0 Å². The van der Waals surface area contributed by atoms with Gasteiger partial charge in [-0.3, -0.25) is 19.2 Å². The molecule has 0 aromatic heterocycles. The Morgan fingerprint density at radius 1 is 0.500 bits per heavy atom. The lowest BCUT2D eigenvalue weighted by atomic mass is 9.83. The van der Waals surface area contributed by atoms with E-state index < -0.39 is 59.5 Å². The fraction of sp³-hybridized carbons (Fsp3) is 0.649. The maximum absolute atomic E-state index is 14.2. The average molecular weight is 659 g/mol. The average Bonchev–Trinajstić information content (AvgIpc) is 3.86. The van der Waals surface area contributed by atoms with Crippen LogP contribution in [0.1, 0.15) is 46.5 Å². The second-order valence-electron chi connectivity index (χ2n) is 16.5. The van der Waals surface area contributed by atoms with Crippen molar-refractivity contribution in [3.63, 3.8) is 0 Å². The summed E-state index contributed by atoms with van der Waals surface area (Å²) in [5, 5.41) is 22.5. The van der Waals surface area contributed by atoms with E-state index in [-0.39, 0.29) is 71.1 Å². The Balaban J connectivity index is 0.956. The van der Waals surface area contributed by atoms with Gasteiger partial charge in [0.25, 0.3) is 0 Å². The minimum atomic E-state index is -0.888. The number of hydrogen-bond acceptors (Lipinski definition) is 6. The Morgan fingerprint density at radius 2 is 0.792 bits per heavy atom. The molecule has 5 N–H and O–H groups in total. The van der Waals surface area contributed by atoms with Crippen molar-refractivity contribution in [3.05, 3.63) is 48.6 Å². The summed E-state index contributed by atoms with van der Waals surface area (Å²) in [6.45, 7) is 5.41. The molecule has 0 spiro atoms. The third kappa shape index (κ3) is 5.19. The van der Waals surface area contributed by atoms with E-state index in [1.165, 1.54) is 0 Å². The normalized spacial score (nSPS) is 44.8. The van der Waals surface area contributed by atoms with Crippen molar-refractivity contribution in [2.75, 3.05) is 0 Å². The van der Waals surface area contributed by atoms with E-state index in [0.29, 0.717) is 0 Å². The number of hydrogen-bond donors (Lipinski definition) is 5. The molecule has 4 fully saturated rings. The first kappa shape index (κ1) is 31.4. The van der Waals surface area contributed by atoms with Crippen LogP contribution in [0.4, 0.5) is 4.79 Å². The van der Waals surface area contributed by atoms with E-state index in [1.54, 1.807) is 20.8 Å². The van der Waals surface area contributed by atoms with Crippen molar-refractivity contribution in [1.29, 1.82) is 0 Å². The summed E-state index contributed by atoms with van der Waals surface area (Å²) in [6.07, 6.45) is 18.9. The number of alkyl carbamates (subject to hydrolysis) is 1. The molecule has 11 nitrogen and oxygen atoms in total. The molecule has 0 heterocycles. The number of carbonyl (C=O) groups is 5. The van der Waals surface area contributed by atoms with Crippen molar-refractivity contribution in [2.45, 2.75) is 76.2 Å². The van der Waals surface area contributed by atoms with Crippen LogP contribution >= 0.6 is 0 Å². The molecule has 8 aliphatic carbocycles. The first-order valence-corrected chi connectivity index (χ1v) is 17.7. The molecule has 0 unspecified atom stereocenters. The zero-order chi connectivity index (χ0) is 33.6. The monoisotopic (exact) mass is 658 g/mol. The molecule has 8 aliphatic rings. The van der Waals surface area contributed by atoms with Gasteiger partial charge in [-0.1, -0.05) is 48.6 Å². The standard InChI is InChI=1S/C37H46N4O7/c1-37(2,3)48-36(47)41-30-22-10-6-18(14-22)26(30)34(44)39-28-20-8-4-16(12-20)24(28)32(42)38-29-21-9-5-17(13-21)25(29)33(43)40-31-23-11-7-19(15-23)27(31)35(45)46/h4-11,16-31H,12-15H2,1-3H3,(H,38,42)(H,39,44)(H,40,43)(H,41,47)(H,45,46)/t16-,17+,18+,19-,20+,21-,22-,23+,24+,25-,26-,27+,28-,29+,30+,31-/m0/s1. The molecule has 0 aromatic rings. The predicted molar refractivity (Wildman–Crippen MR) is 173 cm³/mol. The van der Waals surface area contributed by atoms with Crippen LogP contribution in [0.15, 0.2) is 48.6 Å². The number of rotatable bonds is 8. The zero-order valence-electron chi connectivity index (χ0n) is 27.6. The lowest BCUT2D eigenvalue weighted by Crippen LogP contribution is -2.57.